The Kier molecular flexibility index (Phi) is 3.47. The van der Waals surface area contributed by atoms with Crippen LogP contribution in [-0.2, 0) is 25.9 Å². The zero-order valence-electron chi connectivity index (χ0n) is 12.4. The SMILES string of the molecule is Cc1ncsc1CN1CCc2cnc(CC3CC3)nc2C1. The van der Waals surface area contributed by atoms with Gasteiger partial charge in [-0.25, -0.2) is 15.0 Å². The van der Waals surface area contributed by atoms with Crippen molar-refractivity contribution < 1.29 is 0 Å². The monoisotopic (exact) mass is 300 g/mol. The fourth-order valence-corrected chi connectivity index (χ4v) is 3.71. The van der Waals surface area contributed by atoms with Crippen LogP contribution in [0, 0.1) is 12.8 Å². The lowest BCUT2D eigenvalue weighted by molar-refractivity contribution is 0.242. The zero-order chi connectivity index (χ0) is 14.2. The number of nitrogens with zero attached hydrogens (tertiary/aromatic N) is 4. The molecule has 2 aromatic rings. The number of thiazole rings is 1. The van der Waals surface area contributed by atoms with Crippen LogP contribution >= 0.6 is 11.3 Å². The van der Waals surface area contributed by atoms with E-state index in [9.17, 15) is 0 Å². The Hall–Kier alpha value is -1.33. The number of fused-ring (bicyclic) bond motifs is 1. The van der Waals surface area contributed by atoms with Crippen LogP contribution < -0.4 is 0 Å². The molecule has 0 spiro atoms. The third kappa shape index (κ3) is 2.99. The fraction of sp³-hybridized carbons (Fsp3) is 0.562. The molecule has 5 heteroatoms. The van der Waals surface area contributed by atoms with Gasteiger partial charge in [0.05, 0.1) is 16.9 Å². The van der Waals surface area contributed by atoms with Crippen molar-refractivity contribution in [1.29, 1.82) is 0 Å². The van der Waals surface area contributed by atoms with Gasteiger partial charge in [-0.1, -0.05) is 0 Å². The van der Waals surface area contributed by atoms with Gasteiger partial charge in [0, 0.05) is 37.1 Å². The van der Waals surface area contributed by atoms with Gasteiger partial charge in [0.15, 0.2) is 0 Å². The molecule has 0 atom stereocenters. The van der Waals surface area contributed by atoms with Crippen molar-refractivity contribution in [3.63, 3.8) is 0 Å². The Labute approximate surface area is 129 Å². The van der Waals surface area contributed by atoms with Gasteiger partial charge in [-0.3, -0.25) is 4.90 Å². The highest BCUT2D eigenvalue weighted by atomic mass is 32.1. The molecular formula is C16H20N4S. The molecule has 3 heterocycles. The highest BCUT2D eigenvalue weighted by Crippen LogP contribution is 2.32. The standard InChI is InChI=1S/C16H20N4S/c1-11-15(21-10-18-11)9-20-5-4-13-7-17-16(6-12-2-3-12)19-14(13)8-20/h7,10,12H,2-6,8-9H2,1H3. The Morgan fingerprint density at radius 2 is 2.24 bits per heavy atom. The molecule has 1 aliphatic heterocycles. The third-order valence-electron chi connectivity index (χ3n) is 4.46. The van der Waals surface area contributed by atoms with Crippen molar-refractivity contribution in [1.82, 2.24) is 19.9 Å². The van der Waals surface area contributed by atoms with Crippen LogP contribution in [0.4, 0.5) is 0 Å². The van der Waals surface area contributed by atoms with E-state index in [0.717, 1.165) is 44.2 Å². The van der Waals surface area contributed by atoms with Gasteiger partial charge in [0.1, 0.15) is 5.82 Å². The molecule has 110 valence electrons. The van der Waals surface area contributed by atoms with Crippen LogP contribution in [-0.4, -0.2) is 26.4 Å². The van der Waals surface area contributed by atoms with E-state index in [2.05, 4.69) is 28.0 Å². The Balaban J connectivity index is 1.48. The van der Waals surface area contributed by atoms with Crippen molar-refractivity contribution in [2.75, 3.05) is 6.54 Å². The van der Waals surface area contributed by atoms with Crippen molar-refractivity contribution in [3.05, 3.63) is 39.4 Å². The first-order chi connectivity index (χ1) is 10.3. The third-order valence-corrected chi connectivity index (χ3v) is 5.37. The summed E-state index contributed by atoms with van der Waals surface area (Å²) in [7, 11) is 0. The van der Waals surface area contributed by atoms with Crippen molar-refractivity contribution in [2.45, 2.75) is 45.7 Å². The summed E-state index contributed by atoms with van der Waals surface area (Å²) >= 11 is 1.76. The summed E-state index contributed by atoms with van der Waals surface area (Å²) in [6, 6.07) is 0. The first-order valence-corrected chi connectivity index (χ1v) is 8.61. The fourth-order valence-electron chi connectivity index (χ4n) is 2.89. The van der Waals surface area contributed by atoms with E-state index in [-0.39, 0.29) is 0 Å². The lowest BCUT2D eigenvalue weighted by Gasteiger charge is -2.27. The van der Waals surface area contributed by atoms with Crippen molar-refractivity contribution >= 4 is 11.3 Å². The largest absolute Gasteiger partial charge is 0.292 e. The van der Waals surface area contributed by atoms with Gasteiger partial charge in [0.2, 0.25) is 0 Å². The van der Waals surface area contributed by atoms with E-state index in [1.807, 2.05) is 5.51 Å². The predicted molar refractivity (Wildman–Crippen MR) is 83.1 cm³/mol. The van der Waals surface area contributed by atoms with Crippen molar-refractivity contribution in [2.24, 2.45) is 5.92 Å². The van der Waals surface area contributed by atoms with Crippen LogP contribution in [0.3, 0.4) is 0 Å². The summed E-state index contributed by atoms with van der Waals surface area (Å²) in [4.78, 5) is 17.6. The van der Waals surface area contributed by atoms with Crippen LogP contribution in [0.5, 0.6) is 0 Å². The summed E-state index contributed by atoms with van der Waals surface area (Å²) in [5.41, 5.74) is 5.70. The lowest BCUT2D eigenvalue weighted by atomic mass is 10.1. The Morgan fingerprint density at radius 1 is 1.33 bits per heavy atom. The second-order valence-corrected chi connectivity index (χ2v) is 7.17. The molecule has 1 fully saturated rings. The molecule has 4 nitrogen and oxygen atoms in total. The van der Waals surface area contributed by atoms with E-state index in [0.29, 0.717) is 0 Å². The smallest absolute Gasteiger partial charge is 0.128 e. The van der Waals surface area contributed by atoms with Gasteiger partial charge in [-0.05, 0) is 37.7 Å². The van der Waals surface area contributed by atoms with Gasteiger partial charge in [-0.15, -0.1) is 11.3 Å². The maximum absolute atomic E-state index is 4.83. The zero-order valence-corrected chi connectivity index (χ0v) is 13.2. The molecule has 2 aliphatic rings. The average Bonchev–Trinajstić information content (AvgIpc) is 3.21. The molecule has 0 amide bonds. The summed E-state index contributed by atoms with van der Waals surface area (Å²) < 4.78 is 0. The normalized spacial score (nSPS) is 18.7. The number of hydrogen-bond donors (Lipinski definition) is 0. The summed E-state index contributed by atoms with van der Waals surface area (Å²) in [5, 5.41) is 0. The highest BCUT2D eigenvalue weighted by Gasteiger charge is 2.24. The second kappa shape index (κ2) is 5.46. The van der Waals surface area contributed by atoms with E-state index >= 15 is 0 Å². The first-order valence-electron chi connectivity index (χ1n) is 7.73. The molecule has 1 saturated carbocycles. The van der Waals surface area contributed by atoms with Crippen LogP contribution in [0.15, 0.2) is 11.7 Å². The van der Waals surface area contributed by atoms with E-state index in [1.54, 1.807) is 11.3 Å². The van der Waals surface area contributed by atoms with E-state index in [1.165, 1.54) is 34.7 Å². The lowest BCUT2D eigenvalue weighted by Crippen LogP contribution is -2.31. The minimum absolute atomic E-state index is 0.850. The molecule has 0 N–H and O–H groups in total. The maximum atomic E-state index is 4.83. The molecule has 0 saturated heterocycles. The minimum atomic E-state index is 0.850. The van der Waals surface area contributed by atoms with Crippen LogP contribution in [0.1, 0.15) is 40.5 Å². The summed E-state index contributed by atoms with van der Waals surface area (Å²) in [6.07, 6.45) is 6.92. The molecular weight excluding hydrogens is 280 g/mol. The highest BCUT2D eigenvalue weighted by molar-refractivity contribution is 7.09. The van der Waals surface area contributed by atoms with Gasteiger partial charge in [0.25, 0.3) is 0 Å². The summed E-state index contributed by atoms with van der Waals surface area (Å²) in [6.45, 7) is 5.14. The minimum Gasteiger partial charge on any atom is -0.292 e. The van der Waals surface area contributed by atoms with Gasteiger partial charge in [-0.2, -0.15) is 0 Å². The Bertz CT molecular complexity index is 647. The second-order valence-electron chi connectivity index (χ2n) is 6.23. The van der Waals surface area contributed by atoms with Crippen molar-refractivity contribution in [3.8, 4) is 0 Å². The molecule has 0 radical (unpaired) electrons. The average molecular weight is 300 g/mol. The quantitative estimate of drug-likeness (QED) is 0.870. The molecule has 0 bridgehead atoms. The van der Waals surface area contributed by atoms with Crippen LogP contribution in [0.25, 0.3) is 0 Å². The topological polar surface area (TPSA) is 41.9 Å². The molecule has 1 aliphatic carbocycles. The number of rotatable bonds is 4. The molecule has 21 heavy (non-hydrogen) atoms. The number of aryl methyl sites for hydroxylation is 1. The van der Waals surface area contributed by atoms with Crippen LogP contribution in [0.2, 0.25) is 0 Å². The van der Waals surface area contributed by atoms with Gasteiger partial charge >= 0.3 is 0 Å². The van der Waals surface area contributed by atoms with E-state index < -0.39 is 0 Å². The van der Waals surface area contributed by atoms with E-state index in [4.69, 9.17) is 4.98 Å². The Morgan fingerprint density at radius 3 is 3.00 bits per heavy atom. The number of aromatic nitrogens is 3. The summed E-state index contributed by atoms with van der Waals surface area (Å²) in [5.74, 6) is 1.90. The maximum Gasteiger partial charge on any atom is 0.128 e. The molecule has 0 unspecified atom stereocenters. The molecule has 2 aromatic heterocycles. The molecule has 4 rings (SSSR count). The molecule has 0 aromatic carbocycles. The first kappa shape index (κ1) is 13.3. The van der Waals surface area contributed by atoms with Gasteiger partial charge < -0.3 is 0 Å². The predicted octanol–water partition coefficient (Wildman–Crippen LogP) is 2.75. The number of hydrogen-bond acceptors (Lipinski definition) is 5.